The molecule has 0 amide bonds. The predicted octanol–water partition coefficient (Wildman–Crippen LogP) is 4.49. The summed E-state index contributed by atoms with van der Waals surface area (Å²) < 4.78 is 0. The van der Waals surface area contributed by atoms with E-state index in [-0.39, 0.29) is 10.3 Å². The van der Waals surface area contributed by atoms with Crippen molar-refractivity contribution in [3.05, 3.63) is 52.0 Å². The Kier molecular flexibility index (Phi) is 3.61. The maximum Gasteiger partial charge on any atom is 0.198 e. The Morgan fingerprint density at radius 3 is 2.10 bits per heavy atom. The Balaban J connectivity index is 2.11. The zero-order valence-electron chi connectivity index (χ0n) is 9.94. The van der Waals surface area contributed by atoms with Crippen molar-refractivity contribution in [2.75, 3.05) is 0 Å². The second-order valence-corrected chi connectivity index (χ2v) is 5.10. The molecule has 1 aromatic carbocycles. The van der Waals surface area contributed by atoms with Crippen molar-refractivity contribution in [3.8, 4) is 22.8 Å². The number of nitrogens with zero attached hydrogens (tertiary/aromatic N) is 3. The highest BCUT2D eigenvalue weighted by Gasteiger charge is 2.15. The monoisotopic (exact) mass is 324 g/mol. The van der Waals surface area contributed by atoms with Crippen LogP contribution in [-0.2, 0) is 0 Å². The Hall–Kier alpha value is -1.62. The van der Waals surface area contributed by atoms with Crippen molar-refractivity contribution < 1.29 is 0 Å². The van der Waals surface area contributed by atoms with Crippen LogP contribution in [-0.4, -0.2) is 19.9 Å². The molecule has 0 saturated carbocycles. The van der Waals surface area contributed by atoms with Crippen LogP contribution in [0.15, 0.2) is 36.7 Å². The van der Waals surface area contributed by atoms with Gasteiger partial charge in [-0.1, -0.05) is 46.9 Å². The molecule has 0 fully saturated rings. The van der Waals surface area contributed by atoms with E-state index in [0.717, 1.165) is 5.56 Å². The number of halogens is 3. The summed E-state index contributed by atoms with van der Waals surface area (Å²) >= 11 is 18.3. The summed E-state index contributed by atoms with van der Waals surface area (Å²) in [6, 6.07) is 7.13. The summed E-state index contributed by atoms with van der Waals surface area (Å²) in [5.41, 5.74) is 1.37. The number of rotatable bonds is 2. The highest BCUT2D eigenvalue weighted by molar-refractivity contribution is 6.38. The standard InChI is InChI=1S/C13H7Cl3N4/c14-8-3-1-7(2-4-8)9-10(15)19-13(20-11(9)16)12-17-5-6-18-12/h1-6H,(H,17,18). The van der Waals surface area contributed by atoms with Crippen molar-refractivity contribution in [3.63, 3.8) is 0 Å². The summed E-state index contributed by atoms with van der Waals surface area (Å²) in [6.07, 6.45) is 3.28. The van der Waals surface area contributed by atoms with E-state index in [1.165, 1.54) is 0 Å². The van der Waals surface area contributed by atoms with Crippen molar-refractivity contribution >= 4 is 34.8 Å². The third kappa shape index (κ3) is 2.50. The summed E-state index contributed by atoms with van der Waals surface area (Å²) in [7, 11) is 0. The average Bonchev–Trinajstić information content (AvgIpc) is 2.94. The predicted molar refractivity (Wildman–Crippen MR) is 80.1 cm³/mol. The molecule has 1 N–H and O–H groups in total. The van der Waals surface area contributed by atoms with Gasteiger partial charge >= 0.3 is 0 Å². The van der Waals surface area contributed by atoms with Gasteiger partial charge in [-0.3, -0.25) is 0 Å². The molecule has 0 radical (unpaired) electrons. The summed E-state index contributed by atoms with van der Waals surface area (Å²) in [4.78, 5) is 15.4. The van der Waals surface area contributed by atoms with Crippen LogP contribution in [0.1, 0.15) is 0 Å². The lowest BCUT2D eigenvalue weighted by molar-refractivity contribution is 1.12. The van der Waals surface area contributed by atoms with E-state index in [1.807, 2.05) is 12.1 Å². The van der Waals surface area contributed by atoms with Crippen LogP contribution in [0, 0.1) is 0 Å². The molecule has 0 atom stereocenters. The number of hydrogen-bond donors (Lipinski definition) is 1. The number of hydrogen-bond acceptors (Lipinski definition) is 3. The topological polar surface area (TPSA) is 54.5 Å². The van der Waals surface area contributed by atoms with Gasteiger partial charge in [-0.25, -0.2) is 15.0 Å². The Morgan fingerprint density at radius 2 is 1.55 bits per heavy atom. The van der Waals surface area contributed by atoms with Crippen LogP contribution in [0.4, 0.5) is 0 Å². The fourth-order valence-electron chi connectivity index (χ4n) is 1.76. The maximum atomic E-state index is 6.22. The molecule has 2 aromatic heterocycles. The van der Waals surface area contributed by atoms with E-state index in [9.17, 15) is 0 Å². The first-order valence-corrected chi connectivity index (χ1v) is 6.77. The largest absolute Gasteiger partial charge is 0.342 e. The second kappa shape index (κ2) is 5.40. The van der Waals surface area contributed by atoms with E-state index in [1.54, 1.807) is 24.5 Å². The second-order valence-electron chi connectivity index (χ2n) is 3.95. The van der Waals surface area contributed by atoms with Gasteiger partial charge in [0.2, 0.25) is 0 Å². The van der Waals surface area contributed by atoms with Gasteiger partial charge in [-0.05, 0) is 17.7 Å². The SMILES string of the molecule is Clc1ccc(-c2c(Cl)nc(-c3ncc[nH]3)nc2Cl)cc1. The smallest absolute Gasteiger partial charge is 0.198 e. The van der Waals surface area contributed by atoms with Gasteiger partial charge in [0.05, 0.1) is 5.56 Å². The molecule has 7 heteroatoms. The first kappa shape index (κ1) is 13.4. The first-order valence-electron chi connectivity index (χ1n) is 5.64. The highest BCUT2D eigenvalue weighted by Crippen LogP contribution is 2.34. The number of imidazole rings is 1. The van der Waals surface area contributed by atoms with Crippen LogP contribution < -0.4 is 0 Å². The lowest BCUT2D eigenvalue weighted by Crippen LogP contribution is -1.95. The van der Waals surface area contributed by atoms with E-state index in [4.69, 9.17) is 34.8 Å². The Morgan fingerprint density at radius 1 is 0.900 bits per heavy atom. The minimum Gasteiger partial charge on any atom is -0.342 e. The number of benzene rings is 1. The fraction of sp³-hybridized carbons (Fsp3) is 0. The van der Waals surface area contributed by atoms with Crippen LogP contribution >= 0.6 is 34.8 Å². The van der Waals surface area contributed by atoms with Crippen LogP contribution in [0.25, 0.3) is 22.8 Å². The van der Waals surface area contributed by atoms with E-state index in [2.05, 4.69) is 19.9 Å². The van der Waals surface area contributed by atoms with Gasteiger partial charge in [0, 0.05) is 17.4 Å². The zero-order chi connectivity index (χ0) is 14.1. The molecule has 3 aromatic rings. The maximum absolute atomic E-state index is 6.22. The number of H-pyrrole nitrogens is 1. The molecule has 0 unspecified atom stereocenters. The molecule has 0 spiro atoms. The quantitative estimate of drug-likeness (QED) is 0.706. The summed E-state index contributed by atoms with van der Waals surface area (Å²) in [5.74, 6) is 0.860. The minimum absolute atomic E-state index is 0.263. The van der Waals surface area contributed by atoms with Crippen molar-refractivity contribution in [1.29, 1.82) is 0 Å². The first-order chi connectivity index (χ1) is 9.65. The normalized spacial score (nSPS) is 10.8. The third-order valence-electron chi connectivity index (χ3n) is 2.66. The Bertz CT molecular complexity index is 716. The summed E-state index contributed by atoms with van der Waals surface area (Å²) in [5, 5.41) is 1.16. The van der Waals surface area contributed by atoms with Crippen molar-refractivity contribution in [2.24, 2.45) is 0 Å². The number of aromatic nitrogens is 4. The molecule has 100 valence electrons. The lowest BCUT2D eigenvalue weighted by Gasteiger charge is -2.07. The summed E-state index contributed by atoms with van der Waals surface area (Å²) in [6.45, 7) is 0. The van der Waals surface area contributed by atoms with Crippen LogP contribution in [0.2, 0.25) is 15.3 Å². The molecule has 0 aliphatic carbocycles. The van der Waals surface area contributed by atoms with Gasteiger partial charge in [0.25, 0.3) is 0 Å². The van der Waals surface area contributed by atoms with E-state index < -0.39 is 0 Å². The number of aromatic amines is 1. The molecular weight excluding hydrogens is 319 g/mol. The molecule has 20 heavy (non-hydrogen) atoms. The van der Waals surface area contributed by atoms with E-state index >= 15 is 0 Å². The van der Waals surface area contributed by atoms with E-state index in [0.29, 0.717) is 22.2 Å². The van der Waals surface area contributed by atoms with Crippen molar-refractivity contribution in [2.45, 2.75) is 0 Å². The van der Waals surface area contributed by atoms with Gasteiger partial charge in [-0.15, -0.1) is 0 Å². The molecule has 0 bridgehead atoms. The van der Waals surface area contributed by atoms with Crippen LogP contribution in [0.5, 0.6) is 0 Å². The molecule has 0 saturated heterocycles. The van der Waals surface area contributed by atoms with Crippen LogP contribution in [0.3, 0.4) is 0 Å². The zero-order valence-corrected chi connectivity index (χ0v) is 12.2. The Labute approximate surface area is 129 Å². The average molecular weight is 326 g/mol. The highest BCUT2D eigenvalue weighted by atomic mass is 35.5. The van der Waals surface area contributed by atoms with Gasteiger partial charge in [0.1, 0.15) is 10.3 Å². The van der Waals surface area contributed by atoms with Crippen molar-refractivity contribution in [1.82, 2.24) is 19.9 Å². The molecule has 0 aliphatic rings. The molecule has 3 rings (SSSR count). The molecule has 4 nitrogen and oxygen atoms in total. The number of nitrogens with one attached hydrogen (secondary N) is 1. The molecule has 0 aliphatic heterocycles. The lowest BCUT2D eigenvalue weighted by atomic mass is 10.1. The molecule has 2 heterocycles. The third-order valence-corrected chi connectivity index (χ3v) is 3.46. The van der Waals surface area contributed by atoms with Gasteiger partial charge in [-0.2, -0.15) is 0 Å². The minimum atomic E-state index is 0.263. The fourth-order valence-corrected chi connectivity index (χ4v) is 2.49. The molecular formula is C13H7Cl3N4. The van der Waals surface area contributed by atoms with Gasteiger partial charge < -0.3 is 4.98 Å². The van der Waals surface area contributed by atoms with Gasteiger partial charge in [0.15, 0.2) is 11.6 Å².